The topological polar surface area (TPSA) is 51.0 Å². The zero-order valence-electron chi connectivity index (χ0n) is 18.2. The van der Waals surface area contributed by atoms with E-state index in [4.69, 9.17) is 0 Å². The Kier molecular flexibility index (Phi) is 5.92. The first-order valence-corrected chi connectivity index (χ1v) is 12.5. The summed E-state index contributed by atoms with van der Waals surface area (Å²) in [5.41, 5.74) is 3.36. The average Bonchev–Trinajstić information content (AvgIpc) is 3.37. The quantitative estimate of drug-likeness (QED) is 0.415. The van der Waals surface area contributed by atoms with Gasteiger partial charge in [0.1, 0.15) is 10.6 Å². The second-order valence-corrected chi connectivity index (χ2v) is 10.6. The van der Waals surface area contributed by atoms with Crippen molar-refractivity contribution in [2.75, 3.05) is 7.05 Å². The number of nitrogens with zero attached hydrogens (tertiary/aromatic N) is 4. The van der Waals surface area contributed by atoms with E-state index in [1.54, 1.807) is 45.7 Å². The lowest BCUT2D eigenvalue weighted by atomic mass is 9.92. The fourth-order valence-electron chi connectivity index (χ4n) is 4.49. The number of hydrogen-bond donors (Lipinski definition) is 0. The molecule has 1 atom stereocenters. The summed E-state index contributed by atoms with van der Waals surface area (Å²) < 4.78 is 14.8. The number of hydrogen-bond acceptors (Lipinski definition) is 6. The zero-order valence-corrected chi connectivity index (χ0v) is 19.8. The Morgan fingerprint density at radius 3 is 2.84 bits per heavy atom. The monoisotopic (exact) mass is 468 g/mol. The first-order chi connectivity index (χ1) is 15.5. The number of likely N-dealkylation sites (N-methyl/N-ethyl adjacent to an activating group) is 1. The van der Waals surface area contributed by atoms with Crippen molar-refractivity contribution in [1.82, 2.24) is 19.4 Å². The molecule has 0 saturated carbocycles. The predicted molar refractivity (Wildman–Crippen MR) is 128 cm³/mol. The van der Waals surface area contributed by atoms with Crippen LogP contribution in [0.2, 0.25) is 0 Å². The third kappa shape index (κ3) is 4.27. The van der Waals surface area contributed by atoms with E-state index < -0.39 is 0 Å². The first kappa shape index (κ1) is 21.4. The van der Waals surface area contributed by atoms with E-state index >= 15 is 0 Å². The summed E-state index contributed by atoms with van der Waals surface area (Å²) >= 11 is 3.36. The normalized spacial score (nSPS) is 16.1. The summed E-state index contributed by atoms with van der Waals surface area (Å²) in [6, 6.07) is 6.89. The highest BCUT2D eigenvalue weighted by Gasteiger charge is 2.27. The van der Waals surface area contributed by atoms with Crippen molar-refractivity contribution in [1.29, 1.82) is 0 Å². The summed E-state index contributed by atoms with van der Waals surface area (Å²) in [5.74, 6) is -0.246. The lowest BCUT2D eigenvalue weighted by Gasteiger charge is -2.30. The molecule has 0 amide bonds. The minimum atomic E-state index is -0.246. The van der Waals surface area contributed by atoms with Crippen molar-refractivity contribution in [3.63, 3.8) is 0 Å². The minimum Gasteiger partial charge on any atom is -0.298 e. The van der Waals surface area contributed by atoms with Crippen molar-refractivity contribution >= 4 is 32.9 Å². The Labute approximate surface area is 194 Å². The van der Waals surface area contributed by atoms with Gasteiger partial charge in [-0.2, -0.15) is 0 Å². The van der Waals surface area contributed by atoms with Gasteiger partial charge in [0.25, 0.3) is 5.56 Å². The molecule has 8 heteroatoms. The van der Waals surface area contributed by atoms with Crippen molar-refractivity contribution in [3.05, 3.63) is 78.8 Å². The molecule has 0 saturated heterocycles. The van der Waals surface area contributed by atoms with Crippen LogP contribution in [0.15, 0.2) is 40.8 Å². The minimum absolute atomic E-state index is 0.0411. The Hall–Kier alpha value is -2.42. The fraction of sp³-hybridized carbons (Fsp3) is 0.375. The van der Waals surface area contributed by atoms with Crippen LogP contribution in [0.4, 0.5) is 4.39 Å². The first-order valence-electron chi connectivity index (χ1n) is 10.8. The van der Waals surface area contributed by atoms with E-state index in [-0.39, 0.29) is 11.4 Å². The van der Waals surface area contributed by atoms with E-state index in [1.165, 1.54) is 22.6 Å². The largest absolute Gasteiger partial charge is 0.298 e. The summed E-state index contributed by atoms with van der Waals surface area (Å²) in [6.07, 6.45) is 5.21. The summed E-state index contributed by atoms with van der Waals surface area (Å²) in [6.45, 7) is 3.43. The molecule has 1 aliphatic rings. The molecule has 0 fully saturated rings. The lowest BCUT2D eigenvalue weighted by Crippen LogP contribution is -2.35. The molecular formula is C24H25FN4OS2. The zero-order chi connectivity index (χ0) is 22.2. The summed E-state index contributed by atoms with van der Waals surface area (Å²) in [7, 11) is 2.17. The van der Waals surface area contributed by atoms with Gasteiger partial charge in [0.15, 0.2) is 0 Å². The maximum atomic E-state index is 13.2. The molecule has 4 aromatic rings. The molecule has 3 heterocycles. The van der Waals surface area contributed by atoms with Crippen LogP contribution in [-0.4, -0.2) is 32.5 Å². The summed E-state index contributed by atoms with van der Waals surface area (Å²) in [5, 5.41) is 4.03. The van der Waals surface area contributed by atoms with Crippen molar-refractivity contribution in [3.8, 4) is 0 Å². The maximum Gasteiger partial charge on any atom is 0.262 e. The van der Waals surface area contributed by atoms with Crippen LogP contribution in [0.1, 0.15) is 33.1 Å². The average molecular weight is 469 g/mol. The van der Waals surface area contributed by atoms with Gasteiger partial charge >= 0.3 is 0 Å². The van der Waals surface area contributed by atoms with E-state index in [2.05, 4.69) is 27.3 Å². The second-order valence-electron chi connectivity index (χ2n) is 8.47. The number of thiazole rings is 1. The Balaban J connectivity index is 1.34. The number of halogens is 1. The molecule has 166 valence electrons. The van der Waals surface area contributed by atoms with Crippen molar-refractivity contribution in [2.45, 2.75) is 51.7 Å². The molecule has 32 heavy (non-hydrogen) atoms. The second kappa shape index (κ2) is 8.84. The number of rotatable bonds is 6. The standard InChI is InChI=1S/C24H25FN4OS2/c1-15-27-18(13-31-15)12-28(2)19-7-8-20-21(11-19)32-23-22(20)24(30)29(14-26-23)10-9-16-3-5-17(25)6-4-16/h3-6,13-14,19H,7-12H2,1-2H3/t19-/m1/s1. The van der Waals surface area contributed by atoms with E-state index in [0.29, 0.717) is 19.0 Å². The number of benzene rings is 1. The van der Waals surface area contributed by atoms with Gasteiger partial charge < -0.3 is 0 Å². The molecule has 5 rings (SSSR count). The Morgan fingerprint density at radius 1 is 1.28 bits per heavy atom. The third-order valence-corrected chi connectivity index (χ3v) is 8.25. The molecule has 3 aromatic heterocycles. The third-order valence-electron chi connectivity index (χ3n) is 6.27. The van der Waals surface area contributed by atoms with Gasteiger partial charge in [-0.3, -0.25) is 14.3 Å². The molecule has 0 spiro atoms. The Bertz CT molecular complexity index is 1310. The van der Waals surface area contributed by atoms with Crippen molar-refractivity contribution < 1.29 is 4.39 Å². The van der Waals surface area contributed by atoms with Crippen LogP contribution >= 0.6 is 22.7 Å². The number of aromatic nitrogens is 3. The molecule has 0 radical (unpaired) electrons. The van der Waals surface area contributed by atoms with Gasteiger partial charge in [-0.1, -0.05) is 12.1 Å². The molecule has 0 unspecified atom stereocenters. The predicted octanol–water partition coefficient (Wildman–Crippen LogP) is 4.59. The fourth-order valence-corrected chi connectivity index (χ4v) is 6.34. The highest BCUT2D eigenvalue weighted by molar-refractivity contribution is 7.18. The molecule has 1 aromatic carbocycles. The molecule has 0 aliphatic heterocycles. The summed E-state index contributed by atoms with van der Waals surface area (Å²) in [4.78, 5) is 27.0. The van der Waals surface area contributed by atoms with Crippen LogP contribution in [0.25, 0.3) is 10.2 Å². The highest BCUT2D eigenvalue weighted by atomic mass is 32.1. The van der Waals surface area contributed by atoms with Crippen LogP contribution in [-0.2, 0) is 32.4 Å². The number of thiophene rings is 1. The van der Waals surface area contributed by atoms with E-state index in [0.717, 1.165) is 52.3 Å². The Morgan fingerprint density at radius 2 is 2.09 bits per heavy atom. The van der Waals surface area contributed by atoms with Crippen molar-refractivity contribution in [2.24, 2.45) is 0 Å². The van der Waals surface area contributed by atoms with Gasteiger partial charge in [-0.05, 0) is 62.9 Å². The smallest absolute Gasteiger partial charge is 0.262 e. The van der Waals surface area contributed by atoms with Crippen LogP contribution < -0.4 is 5.56 Å². The van der Waals surface area contributed by atoms with Gasteiger partial charge in [0.2, 0.25) is 0 Å². The van der Waals surface area contributed by atoms with Gasteiger partial charge in [0, 0.05) is 29.4 Å². The molecule has 0 N–H and O–H groups in total. The molecular weight excluding hydrogens is 443 g/mol. The van der Waals surface area contributed by atoms with E-state index in [1.807, 2.05) is 6.92 Å². The van der Waals surface area contributed by atoms with Gasteiger partial charge in [0.05, 0.1) is 22.4 Å². The molecule has 5 nitrogen and oxygen atoms in total. The number of aryl methyl sites for hydroxylation is 4. The van der Waals surface area contributed by atoms with Gasteiger partial charge in [-0.25, -0.2) is 14.4 Å². The highest BCUT2D eigenvalue weighted by Crippen LogP contribution is 2.35. The van der Waals surface area contributed by atoms with Crippen LogP contribution in [0, 0.1) is 12.7 Å². The van der Waals surface area contributed by atoms with Crippen LogP contribution in [0.5, 0.6) is 0 Å². The lowest BCUT2D eigenvalue weighted by molar-refractivity contribution is 0.213. The van der Waals surface area contributed by atoms with Crippen LogP contribution in [0.3, 0.4) is 0 Å². The van der Waals surface area contributed by atoms with Gasteiger partial charge in [-0.15, -0.1) is 22.7 Å². The SMILES string of the molecule is Cc1nc(CN(C)[C@@H]2CCc3c(sc4ncn(CCc5ccc(F)cc5)c(=O)c34)C2)cs1. The van der Waals surface area contributed by atoms with E-state index in [9.17, 15) is 9.18 Å². The molecule has 1 aliphatic carbocycles. The maximum absolute atomic E-state index is 13.2. The number of fused-ring (bicyclic) bond motifs is 3. The molecule has 0 bridgehead atoms.